The van der Waals surface area contributed by atoms with Crippen LogP contribution < -0.4 is 22.9 Å². The van der Waals surface area contributed by atoms with Crippen molar-refractivity contribution < 1.29 is 18.4 Å². The molecular formula is C17H17Br2F2N5O3. The number of carbonyl (C=O) groups excluding carboxylic acids is 2. The second kappa shape index (κ2) is 11.9. The average molecular weight is 537 g/mol. The van der Waals surface area contributed by atoms with Crippen LogP contribution in [0.15, 0.2) is 44.2 Å². The van der Waals surface area contributed by atoms with Crippen molar-refractivity contribution in [3.8, 4) is 0 Å². The Bertz CT molecular complexity index is 1070. The number of hydrogen-bond donors (Lipinski definition) is 4. The van der Waals surface area contributed by atoms with Crippen molar-refractivity contribution in [3.63, 3.8) is 0 Å². The number of carbonyl (C=O) groups is 2. The molecule has 0 radical (unpaired) electrons. The molecule has 0 atom stereocenters. The number of fused-ring (bicyclic) bond motifs is 1. The molecule has 1 aromatic heterocycles. The van der Waals surface area contributed by atoms with Gasteiger partial charge in [-0.3, -0.25) is 4.79 Å². The number of amides is 2. The van der Waals surface area contributed by atoms with Crippen LogP contribution in [0, 0.1) is 11.6 Å². The number of anilines is 1. The molecule has 2 amide bonds. The van der Waals surface area contributed by atoms with Gasteiger partial charge >= 0.3 is 11.7 Å². The summed E-state index contributed by atoms with van der Waals surface area (Å²) in [5.74, 6) is -1.05. The van der Waals surface area contributed by atoms with Gasteiger partial charge in [0.2, 0.25) is 0 Å². The van der Waals surface area contributed by atoms with Crippen molar-refractivity contribution in [2.24, 2.45) is 11.5 Å². The highest BCUT2D eigenvalue weighted by atomic mass is 79.9. The summed E-state index contributed by atoms with van der Waals surface area (Å²) in [7, 11) is 0. The number of nitrogen functional groups attached to an aromatic ring is 1. The average Bonchev–Trinajstić information content (AvgIpc) is 2.59. The highest BCUT2D eigenvalue weighted by Gasteiger charge is 2.05. The number of nitrogens with one attached hydrogen (secondary N) is 1. The second-order valence-electron chi connectivity index (χ2n) is 4.95. The number of urea groups is 1. The molecule has 0 aliphatic rings. The molecule has 0 aliphatic carbocycles. The summed E-state index contributed by atoms with van der Waals surface area (Å²) in [6.45, 7) is 0. The topological polar surface area (TPSA) is 158 Å². The number of aldehydes is 1. The molecule has 7 N–H and O–H groups in total. The highest BCUT2D eigenvalue weighted by Crippen LogP contribution is 2.21. The van der Waals surface area contributed by atoms with E-state index in [9.17, 15) is 18.4 Å². The Morgan fingerprint density at radius 1 is 1.07 bits per heavy atom. The van der Waals surface area contributed by atoms with E-state index in [2.05, 4.69) is 53.3 Å². The summed E-state index contributed by atoms with van der Waals surface area (Å²) in [5, 5.41) is 0.562. The molecule has 0 fully saturated rings. The monoisotopic (exact) mass is 535 g/mol. The van der Waals surface area contributed by atoms with Crippen LogP contribution in [0.25, 0.3) is 10.9 Å². The van der Waals surface area contributed by atoms with Crippen LogP contribution in [-0.4, -0.2) is 22.3 Å². The number of nitrogens with zero attached hydrogens (tertiary/aromatic N) is 1. The number of benzene rings is 2. The summed E-state index contributed by atoms with van der Waals surface area (Å²) in [6.07, 6.45) is 1.85. The Hall–Kier alpha value is -2.86. The Morgan fingerprint density at radius 2 is 1.59 bits per heavy atom. The molecule has 0 spiro atoms. The first-order valence-electron chi connectivity index (χ1n) is 7.13. The standard InChI is InChI=1S/C8H4BrFN2O.C7H5BrFNO.CH4N2O.CH4/c9-5-1-4-3-11-8(13)12-7(4)6(10)2-5;8-5-1-4(3-11)7(10)6(9)2-5;2-1(3)4;/h1-3H,(H,11,12,13);1-3H,10H2;(H4,2,3,4);1H4. The van der Waals surface area contributed by atoms with E-state index in [1.54, 1.807) is 6.07 Å². The van der Waals surface area contributed by atoms with Crippen molar-refractivity contribution in [3.05, 3.63) is 67.1 Å². The van der Waals surface area contributed by atoms with Crippen LogP contribution in [0.5, 0.6) is 0 Å². The van der Waals surface area contributed by atoms with E-state index in [-0.39, 0.29) is 24.2 Å². The highest BCUT2D eigenvalue weighted by molar-refractivity contribution is 9.10. The lowest BCUT2D eigenvalue weighted by Crippen LogP contribution is -2.18. The summed E-state index contributed by atoms with van der Waals surface area (Å²) < 4.78 is 27.0. The van der Waals surface area contributed by atoms with Crippen LogP contribution in [0.2, 0.25) is 0 Å². The van der Waals surface area contributed by atoms with Crippen LogP contribution in [-0.2, 0) is 0 Å². The van der Waals surface area contributed by atoms with E-state index in [0.29, 0.717) is 20.6 Å². The number of primary amides is 2. The Morgan fingerprint density at radius 3 is 2.14 bits per heavy atom. The van der Waals surface area contributed by atoms with Gasteiger partial charge < -0.3 is 22.2 Å². The van der Waals surface area contributed by atoms with Crippen LogP contribution >= 0.6 is 31.9 Å². The van der Waals surface area contributed by atoms with Crippen molar-refractivity contribution in [1.82, 2.24) is 9.97 Å². The summed E-state index contributed by atoms with van der Waals surface area (Å²) >= 11 is 6.18. The molecule has 156 valence electrons. The number of aromatic amines is 1. The summed E-state index contributed by atoms with van der Waals surface area (Å²) in [6, 6.07) is 4.81. The Labute approximate surface area is 180 Å². The van der Waals surface area contributed by atoms with Crippen molar-refractivity contribution in [1.29, 1.82) is 0 Å². The molecule has 3 aromatic rings. The summed E-state index contributed by atoms with van der Waals surface area (Å²) in [5.41, 5.74) is 13.4. The maximum atomic E-state index is 13.2. The van der Waals surface area contributed by atoms with Gasteiger partial charge in [-0.15, -0.1) is 0 Å². The normalized spacial score (nSPS) is 9.24. The molecule has 29 heavy (non-hydrogen) atoms. The maximum absolute atomic E-state index is 13.2. The third-order valence-electron chi connectivity index (χ3n) is 2.89. The predicted octanol–water partition coefficient (Wildman–Crippen LogP) is 3.47. The first-order chi connectivity index (χ1) is 13.0. The zero-order valence-corrected chi connectivity index (χ0v) is 17.1. The van der Waals surface area contributed by atoms with E-state index in [4.69, 9.17) is 10.5 Å². The lowest BCUT2D eigenvalue weighted by atomic mass is 10.2. The predicted molar refractivity (Wildman–Crippen MR) is 114 cm³/mol. The molecule has 1 heterocycles. The molecule has 0 saturated carbocycles. The third kappa shape index (κ3) is 8.35. The first-order valence-corrected chi connectivity index (χ1v) is 8.72. The molecule has 0 unspecified atom stereocenters. The van der Waals surface area contributed by atoms with Gasteiger partial charge in [-0.2, -0.15) is 0 Å². The van der Waals surface area contributed by atoms with E-state index >= 15 is 0 Å². The van der Waals surface area contributed by atoms with E-state index < -0.39 is 23.4 Å². The minimum absolute atomic E-state index is 0. The van der Waals surface area contributed by atoms with Crippen LogP contribution in [0.1, 0.15) is 17.8 Å². The Kier molecular flexibility index (Phi) is 10.7. The molecule has 0 aliphatic heterocycles. The zero-order chi connectivity index (χ0) is 21.4. The number of aromatic nitrogens is 2. The van der Waals surface area contributed by atoms with E-state index in [1.807, 2.05) is 0 Å². The molecule has 0 bridgehead atoms. The quantitative estimate of drug-likeness (QED) is 0.276. The minimum Gasteiger partial charge on any atom is -0.396 e. The first kappa shape index (κ1) is 26.1. The van der Waals surface area contributed by atoms with Gasteiger partial charge in [0, 0.05) is 26.1 Å². The smallest absolute Gasteiger partial charge is 0.345 e. The van der Waals surface area contributed by atoms with Gasteiger partial charge in [-0.1, -0.05) is 39.3 Å². The number of rotatable bonds is 1. The fraction of sp³-hybridized carbons (Fsp3) is 0.0588. The minimum atomic E-state index is -0.833. The van der Waals surface area contributed by atoms with Gasteiger partial charge in [-0.25, -0.2) is 23.4 Å². The molecule has 0 saturated heterocycles. The molecule has 8 nitrogen and oxygen atoms in total. The lowest BCUT2D eigenvalue weighted by Gasteiger charge is -1.99. The third-order valence-corrected chi connectivity index (χ3v) is 3.81. The number of hydrogen-bond acceptors (Lipinski definition) is 5. The van der Waals surface area contributed by atoms with Gasteiger partial charge in [0.05, 0.1) is 11.2 Å². The van der Waals surface area contributed by atoms with Gasteiger partial charge in [-0.05, 0) is 24.3 Å². The molecule has 2 aromatic carbocycles. The van der Waals surface area contributed by atoms with Crippen molar-refractivity contribution in [2.45, 2.75) is 7.43 Å². The number of halogens is 4. The lowest BCUT2D eigenvalue weighted by molar-refractivity contribution is 0.112. The van der Waals surface area contributed by atoms with E-state index in [0.717, 1.165) is 0 Å². The van der Waals surface area contributed by atoms with Gasteiger partial charge in [0.1, 0.15) is 11.6 Å². The van der Waals surface area contributed by atoms with Crippen LogP contribution in [0.3, 0.4) is 0 Å². The van der Waals surface area contributed by atoms with Gasteiger partial charge in [0.15, 0.2) is 6.29 Å². The van der Waals surface area contributed by atoms with E-state index in [1.165, 1.54) is 24.4 Å². The summed E-state index contributed by atoms with van der Waals surface area (Å²) in [4.78, 5) is 35.9. The van der Waals surface area contributed by atoms with Crippen molar-refractivity contribution in [2.75, 3.05) is 5.73 Å². The maximum Gasteiger partial charge on any atom is 0.345 e. The second-order valence-corrected chi connectivity index (χ2v) is 6.78. The zero-order valence-electron chi connectivity index (χ0n) is 13.9. The van der Waals surface area contributed by atoms with Gasteiger partial charge in [0.25, 0.3) is 0 Å². The SMILES string of the molecule is C.NC(N)=O.Nc1c(F)cc(Br)cc1C=O.O=c1ncc2cc(Br)cc(F)c2[nH]1. The van der Waals surface area contributed by atoms with Crippen LogP contribution in [0.4, 0.5) is 19.3 Å². The largest absolute Gasteiger partial charge is 0.396 e. The molecular weight excluding hydrogens is 520 g/mol. The molecule has 3 rings (SSSR count). The number of H-pyrrole nitrogens is 1. The molecule has 12 heteroatoms. The fourth-order valence-corrected chi connectivity index (χ4v) is 2.69. The Balaban J connectivity index is 0.000000450. The number of nitrogens with two attached hydrogens (primary N) is 3. The fourth-order valence-electron chi connectivity index (χ4n) is 1.80. The van der Waals surface area contributed by atoms with Crippen molar-refractivity contribution >= 4 is 60.8 Å².